The van der Waals surface area contributed by atoms with Gasteiger partial charge in [0.2, 0.25) is 10.0 Å². The number of pyridine rings is 1. The highest BCUT2D eigenvalue weighted by molar-refractivity contribution is 7.89. The molecule has 0 spiro atoms. The minimum atomic E-state index is -3.42. The third-order valence-electron chi connectivity index (χ3n) is 4.93. The van der Waals surface area contributed by atoms with Crippen molar-refractivity contribution in [3.05, 3.63) is 18.3 Å². The van der Waals surface area contributed by atoms with Gasteiger partial charge in [-0.2, -0.15) is 4.31 Å². The third-order valence-corrected chi connectivity index (χ3v) is 6.81. The Bertz CT molecular complexity index is 616. The Morgan fingerprint density at radius 3 is 2.26 bits per heavy atom. The molecule has 0 N–H and O–H groups in total. The molecule has 2 aliphatic rings. The largest absolute Gasteiger partial charge is 0.357 e. The SMILES string of the molecule is CC1CCN(c2ccc(S(=O)(=O)N3CCN(C)CC3)cn2)CC1. The molecule has 0 bridgehead atoms. The summed E-state index contributed by atoms with van der Waals surface area (Å²) in [7, 11) is -1.40. The second-order valence-electron chi connectivity index (χ2n) is 6.73. The van der Waals surface area contributed by atoms with E-state index in [2.05, 4.69) is 21.7 Å². The molecule has 3 rings (SSSR count). The summed E-state index contributed by atoms with van der Waals surface area (Å²) < 4.78 is 26.9. The molecule has 2 fully saturated rings. The first-order valence-corrected chi connectivity index (χ1v) is 9.80. The Balaban J connectivity index is 1.71. The molecule has 0 atom stereocenters. The predicted octanol–water partition coefficient (Wildman–Crippen LogP) is 1.25. The maximum atomic E-state index is 12.7. The van der Waals surface area contributed by atoms with Gasteiger partial charge < -0.3 is 9.80 Å². The summed E-state index contributed by atoms with van der Waals surface area (Å²) in [5.41, 5.74) is 0. The maximum Gasteiger partial charge on any atom is 0.244 e. The van der Waals surface area contributed by atoms with Crippen LogP contribution in [0.15, 0.2) is 23.2 Å². The maximum absolute atomic E-state index is 12.7. The molecule has 2 saturated heterocycles. The van der Waals surface area contributed by atoms with Crippen molar-refractivity contribution in [2.75, 3.05) is 51.2 Å². The molecule has 7 heteroatoms. The summed E-state index contributed by atoms with van der Waals surface area (Å²) in [4.78, 5) is 9.10. The zero-order valence-corrected chi connectivity index (χ0v) is 14.8. The van der Waals surface area contributed by atoms with Crippen LogP contribution in [0.25, 0.3) is 0 Å². The fourth-order valence-corrected chi connectivity index (χ4v) is 4.50. The molecule has 1 aromatic rings. The lowest BCUT2D eigenvalue weighted by atomic mass is 9.99. The molecule has 0 radical (unpaired) electrons. The van der Waals surface area contributed by atoms with Crippen molar-refractivity contribution in [2.45, 2.75) is 24.7 Å². The quantitative estimate of drug-likeness (QED) is 0.830. The van der Waals surface area contributed by atoms with Crippen LogP contribution in [0.4, 0.5) is 5.82 Å². The van der Waals surface area contributed by atoms with E-state index in [1.54, 1.807) is 10.4 Å². The van der Waals surface area contributed by atoms with Crippen molar-refractivity contribution in [3.63, 3.8) is 0 Å². The van der Waals surface area contributed by atoms with Crippen LogP contribution < -0.4 is 4.90 Å². The number of likely N-dealkylation sites (N-methyl/N-ethyl adjacent to an activating group) is 1. The standard InChI is InChI=1S/C16H26N4O2S/c1-14-5-7-19(8-6-14)16-4-3-15(13-17-16)23(21,22)20-11-9-18(2)10-12-20/h3-4,13-14H,5-12H2,1-2H3. The molecule has 0 amide bonds. The Morgan fingerprint density at radius 2 is 1.70 bits per heavy atom. The molecule has 1 aromatic heterocycles. The number of anilines is 1. The molecule has 6 nitrogen and oxygen atoms in total. The van der Waals surface area contributed by atoms with Crippen LogP contribution >= 0.6 is 0 Å². The number of piperidine rings is 1. The first-order chi connectivity index (χ1) is 11.0. The van der Waals surface area contributed by atoms with E-state index in [1.807, 2.05) is 13.1 Å². The van der Waals surface area contributed by atoms with E-state index in [9.17, 15) is 8.42 Å². The lowest BCUT2D eigenvalue weighted by Crippen LogP contribution is -2.47. The minimum absolute atomic E-state index is 0.302. The van der Waals surface area contributed by atoms with Gasteiger partial charge in [0, 0.05) is 45.5 Å². The van der Waals surface area contributed by atoms with Gasteiger partial charge in [0.05, 0.1) is 0 Å². The number of hydrogen-bond acceptors (Lipinski definition) is 5. The van der Waals surface area contributed by atoms with Crippen molar-refractivity contribution in [1.29, 1.82) is 0 Å². The summed E-state index contributed by atoms with van der Waals surface area (Å²) in [6.45, 7) is 6.91. The number of aromatic nitrogens is 1. The van der Waals surface area contributed by atoms with Crippen LogP contribution in [-0.2, 0) is 10.0 Å². The van der Waals surface area contributed by atoms with Gasteiger partial charge in [0.15, 0.2) is 0 Å². The summed E-state index contributed by atoms with van der Waals surface area (Å²) in [5.74, 6) is 1.65. The van der Waals surface area contributed by atoms with Gasteiger partial charge in [0.1, 0.15) is 10.7 Å². The molecule has 0 aliphatic carbocycles. The number of hydrogen-bond donors (Lipinski definition) is 0. The summed E-state index contributed by atoms with van der Waals surface area (Å²) >= 11 is 0. The van der Waals surface area contributed by atoms with Crippen LogP contribution in [-0.4, -0.2) is 68.9 Å². The second-order valence-corrected chi connectivity index (χ2v) is 8.67. The normalized spacial score (nSPS) is 22.4. The van der Waals surface area contributed by atoms with E-state index in [0.29, 0.717) is 18.0 Å². The fraction of sp³-hybridized carbons (Fsp3) is 0.688. The zero-order chi connectivity index (χ0) is 16.4. The Morgan fingerprint density at radius 1 is 1.04 bits per heavy atom. The molecule has 23 heavy (non-hydrogen) atoms. The van der Waals surface area contributed by atoms with E-state index < -0.39 is 10.0 Å². The smallest absolute Gasteiger partial charge is 0.244 e. The van der Waals surface area contributed by atoms with Crippen LogP contribution in [0.3, 0.4) is 0 Å². The van der Waals surface area contributed by atoms with Gasteiger partial charge in [0.25, 0.3) is 0 Å². The molecule has 128 valence electrons. The molecule has 0 aromatic carbocycles. The van der Waals surface area contributed by atoms with Gasteiger partial charge >= 0.3 is 0 Å². The average molecular weight is 338 g/mol. The Hall–Kier alpha value is -1.18. The molecular formula is C16H26N4O2S. The van der Waals surface area contributed by atoms with Crippen LogP contribution in [0.1, 0.15) is 19.8 Å². The van der Waals surface area contributed by atoms with E-state index >= 15 is 0 Å². The highest BCUT2D eigenvalue weighted by Crippen LogP contribution is 2.23. The van der Waals surface area contributed by atoms with Crippen molar-refractivity contribution in [1.82, 2.24) is 14.2 Å². The Kier molecular flexibility index (Phi) is 4.89. The Labute approximate surface area is 139 Å². The zero-order valence-electron chi connectivity index (χ0n) is 14.0. The molecule has 2 aliphatic heterocycles. The minimum Gasteiger partial charge on any atom is -0.357 e. The first-order valence-electron chi connectivity index (χ1n) is 8.36. The van der Waals surface area contributed by atoms with Gasteiger partial charge in [-0.05, 0) is 37.9 Å². The predicted molar refractivity (Wildman–Crippen MR) is 91.1 cm³/mol. The molecule has 0 saturated carbocycles. The average Bonchev–Trinajstić information content (AvgIpc) is 2.56. The van der Waals surface area contributed by atoms with E-state index in [0.717, 1.165) is 37.9 Å². The van der Waals surface area contributed by atoms with Crippen molar-refractivity contribution >= 4 is 15.8 Å². The number of rotatable bonds is 3. The fourth-order valence-electron chi connectivity index (χ4n) is 3.13. The summed E-state index contributed by atoms with van der Waals surface area (Å²) in [6.07, 6.45) is 3.85. The van der Waals surface area contributed by atoms with Crippen LogP contribution in [0, 0.1) is 5.92 Å². The van der Waals surface area contributed by atoms with Crippen molar-refractivity contribution in [3.8, 4) is 0 Å². The number of sulfonamides is 1. The number of nitrogens with zero attached hydrogens (tertiary/aromatic N) is 4. The topological polar surface area (TPSA) is 56.8 Å². The molecule has 0 unspecified atom stereocenters. The number of piperazine rings is 1. The van der Waals surface area contributed by atoms with Crippen molar-refractivity contribution in [2.24, 2.45) is 5.92 Å². The van der Waals surface area contributed by atoms with Gasteiger partial charge in [-0.1, -0.05) is 6.92 Å². The summed E-state index contributed by atoms with van der Waals surface area (Å²) in [6, 6.07) is 3.55. The lowest BCUT2D eigenvalue weighted by molar-refractivity contribution is 0.222. The molecule has 3 heterocycles. The van der Waals surface area contributed by atoms with Gasteiger partial charge in [-0.3, -0.25) is 0 Å². The van der Waals surface area contributed by atoms with Gasteiger partial charge in [-0.15, -0.1) is 0 Å². The first kappa shape index (κ1) is 16.7. The lowest BCUT2D eigenvalue weighted by Gasteiger charge is -2.32. The van der Waals surface area contributed by atoms with Crippen LogP contribution in [0.2, 0.25) is 0 Å². The van der Waals surface area contributed by atoms with E-state index in [4.69, 9.17) is 0 Å². The van der Waals surface area contributed by atoms with Gasteiger partial charge in [-0.25, -0.2) is 13.4 Å². The molecular weight excluding hydrogens is 312 g/mol. The van der Waals surface area contributed by atoms with E-state index in [1.165, 1.54) is 19.0 Å². The monoisotopic (exact) mass is 338 g/mol. The third kappa shape index (κ3) is 3.67. The highest BCUT2D eigenvalue weighted by Gasteiger charge is 2.28. The van der Waals surface area contributed by atoms with Crippen LogP contribution in [0.5, 0.6) is 0 Å². The van der Waals surface area contributed by atoms with Crippen molar-refractivity contribution < 1.29 is 8.42 Å². The summed E-state index contributed by atoms with van der Waals surface area (Å²) in [5, 5.41) is 0. The highest BCUT2D eigenvalue weighted by atomic mass is 32.2. The second kappa shape index (κ2) is 6.75. The van der Waals surface area contributed by atoms with E-state index in [-0.39, 0.29) is 0 Å².